The van der Waals surface area contributed by atoms with E-state index in [1.165, 1.54) is 16.4 Å². The Balaban J connectivity index is 1.54. The molecular formula is C26H25N5O3. The van der Waals surface area contributed by atoms with Crippen LogP contribution >= 0.6 is 0 Å². The van der Waals surface area contributed by atoms with Gasteiger partial charge in [0.15, 0.2) is 11.6 Å². The van der Waals surface area contributed by atoms with Crippen molar-refractivity contribution in [3.63, 3.8) is 0 Å². The number of para-hydroxylation sites is 1. The number of carbonyl (C=O) groups excluding carboxylic acids is 1. The SMILES string of the molecule is CCc1ccc(OCCC(=O)Nc2c(C#N)cnn2-c2cc(C)c3cccc(OC)c3n2)cc1. The molecule has 8 nitrogen and oxygen atoms in total. The second-order valence-corrected chi connectivity index (χ2v) is 7.73. The summed E-state index contributed by atoms with van der Waals surface area (Å²) < 4.78 is 12.6. The number of methoxy groups -OCH3 is 1. The van der Waals surface area contributed by atoms with Crippen molar-refractivity contribution < 1.29 is 14.3 Å². The fourth-order valence-electron chi connectivity index (χ4n) is 3.65. The molecule has 0 saturated carbocycles. The van der Waals surface area contributed by atoms with Gasteiger partial charge in [0.2, 0.25) is 5.91 Å². The van der Waals surface area contributed by atoms with Crippen LogP contribution in [-0.2, 0) is 11.2 Å². The zero-order chi connectivity index (χ0) is 24.1. The second-order valence-electron chi connectivity index (χ2n) is 7.73. The summed E-state index contributed by atoms with van der Waals surface area (Å²) in [6.45, 7) is 4.26. The topological polar surface area (TPSA) is 102 Å². The summed E-state index contributed by atoms with van der Waals surface area (Å²) in [5, 5.41) is 17.6. The molecule has 2 aromatic carbocycles. The smallest absolute Gasteiger partial charge is 0.228 e. The average molecular weight is 456 g/mol. The Kier molecular flexibility index (Phi) is 6.74. The highest BCUT2D eigenvalue weighted by Crippen LogP contribution is 2.29. The van der Waals surface area contributed by atoms with E-state index in [4.69, 9.17) is 14.5 Å². The normalized spacial score (nSPS) is 10.6. The first-order valence-electron chi connectivity index (χ1n) is 11.0. The molecule has 0 aliphatic heterocycles. The van der Waals surface area contributed by atoms with Crippen LogP contribution in [0.2, 0.25) is 0 Å². The van der Waals surface area contributed by atoms with Crippen LogP contribution in [0.1, 0.15) is 30.0 Å². The fourth-order valence-corrected chi connectivity index (χ4v) is 3.65. The Hall–Kier alpha value is -4.38. The molecule has 0 spiro atoms. The van der Waals surface area contributed by atoms with Crippen molar-refractivity contribution in [1.29, 1.82) is 5.26 Å². The van der Waals surface area contributed by atoms with Crippen molar-refractivity contribution in [3.8, 4) is 23.4 Å². The number of hydrogen-bond donors (Lipinski definition) is 1. The molecule has 8 heteroatoms. The number of ether oxygens (including phenoxy) is 2. The minimum Gasteiger partial charge on any atom is -0.494 e. The van der Waals surface area contributed by atoms with Crippen molar-refractivity contribution in [1.82, 2.24) is 14.8 Å². The molecule has 2 aromatic heterocycles. The van der Waals surface area contributed by atoms with Crippen LogP contribution in [0.4, 0.5) is 5.82 Å². The third-order valence-electron chi connectivity index (χ3n) is 5.51. The van der Waals surface area contributed by atoms with Crippen molar-refractivity contribution >= 4 is 22.6 Å². The van der Waals surface area contributed by atoms with E-state index >= 15 is 0 Å². The molecule has 0 aliphatic rings. The lowest BCUT2D eigenvalue weighted by Gasteiger charge is -2.13. The zero-order valence-electron chi connectivity index (χ0n) is 19.3. The summed E-state index contributed by atoms with van der Waals surface area (Å²) in [7, 11) is 1.59. The number of carbonyl (C=O) groups is 1. The molecule has 0 aliphatic carbocycles. The Morgan fingerprint density at radius 1 is 1.21 bits per heavy atom. The molecular weight excluding hydrogens is 430 g/mol. The standard InChI is InChI=1S/C26H25N5O3/c1-4-18-8-10-20(11-9-18)34-13-12-24(32)30-26-19(15-27)16-28-31(26)23-14-17(2)21-6-5-7-22(33-3)25(21)29-23/h5-11,14,16H,4,12-13H2,1-3H3,(H,30,32). The number of aromatic nitrogens is 3. The Morgan fingerprint density at radius 3 is 2.71 bits per heavy atom. The predicted molar refractivity (Wildman–Crippen MR) is 129 cm³/mol. The molecule has 0 radical (unpaired) electrons. The Bertz CT molecular complexity index is 1370. The van der Waals surface area contributed by atoms with Gasteiger partial charge in [0.05, 0.1) is 26.3 Å². The van der Waals surface area contributed by atoms with Crippen LogP contribution in [-0.4, -0.2) is 34.4 Å². The van der Waals surface area contributed by atoms with Gasteiger partial charge < -0.3 is 14.8 Å². The summed E-state index contributed by atoms with van der Waals surface area (Å²) in [5.74, 6) is 1.78. The quantitative estimate of drug-likeness (QED) is 0.417. The molecule has 4 rings (SSSR count). The van der Waals surface area contributed by atoms with Gasteiger partial charge in [-0.1, -0.05) is 31.2 Å². The molecule has 172 valence electrons. The number of rotatable bonds is 8. The van der Waals surface area contributed by atoms with Crippen LogP contribution in [0.5, 0.6) is 11.5 Å². The van der Waals surface area contributed by atoms with Crippen molar-refractivity contribution in [2.24, 2.45) is 0 Å². The maximum atomic E-state index is 12.7. The summed E-state index contributed by atoms with van der Waals surface area (Å²) in [6.07, 6.45) is 2.48. The van der Waals surface area contributed by atoms with Gasteiger partial charge in [-0.15, -0.1) is 0 Å². The molecule has 2 heterocycles. The number of fused-ring (bicyclic) bond motifs is 1. The van der Waals surface area contributed by atoms with Gasteiger partial charge in [-0.05, 0) is 48.7 Å². The minimum atomic E-state index is -0.293. The van der Waals surface area contributed by atoms with E-state index in [0.717, 1.165) is 17.4 Å². The van der Waals surface area contributed by atoms with E-state index in [2.05, 4.69) is 23.4 Å². The summed E-state index contributed by atoms with van der Waals surface area (Å²) in [5.41, 5.74) is 3.10. The maximum absolute atomic E-state index is 12.7. The van der Waals surface area contributed by atoms with Gasteiger partial charge in [-0.2, -0.15) is 15.0 Å². The van der Waals surface area contributed by atoms with Gasteiger partial charge in [0.1, 0.15) is 28.6 Å². The van der Waals surface area contributed by atoms with Crippen molar-refractivity contribution in [2.45, 2.75) is 26.7 Å². The Labute approximate surface area is 197 Å². The minimum absolute atomic E-state index is 0.115. The molecule has 4 aromatic rings. The first-order valence-corrected chi connectivity index (χ1v) is 11.0. The first kappa shape index (κ1) is 22.8. The van der Waals surface area contributed by atoms with E-state index in [0.29, 0.717) is 22.8 Å². The molecule has 0 unspecified atom stereocenters. The lowest BCUT2D eigenvalue weighted by atomic mass is 10.1. The number of nitrogens with zero attached hydrogens (tertiary/aromatic N) is 4. The van der Waals surface area contributed by atoms with Gasteiger partial charge in [-0.25, -0.2) is 4.98 Å². The van der Waals surface area contributed by atoms with Crippen molar-refractivity contribution in [2.75, 3.05) is 19.0 Å². The molecule has 34 heavy (non-hydrogen) atoms. The average Bonchev–Trinajstić information content (AvgIpc) is 3.26. The lowest BCUT2D eigenvalue weighted by molar-refractivity contribution is -0.116. The van der Waals surface area contributed by atoms with E-state index in [9.17, 15) is 10.1 Å². The predicted octanol–water partition coefficient (Wildman–Crippen LogP) is 4.58. The molecule has 0 atom stereocenters. The third kappa shape index (κ3) is 4.69. The van der Waals surface area contributed by atoms with Crippen LogP contribution in [0.15, 0.2) is 54.7 Å². The van der Waals surface area contributed by atoms with Crippen LogP contribution in [0, 0.1) is 18.3 Å². The number of pyridine rings is 1. The van der Waals surface area contributed by atoms with E-state index in [1.54, 1.807) is 7.11 Å². The van der Waals surface area contributed by atoms with Gasteiger partial charge >= 0.3 is 0 Å². The molecule has 0 fully saturated rings. The lowest BCUT2D eigenvalue weighted by Crippen LogP contribution is -2.18. The summed E-state index contributed by atoms with van der Waals surface area (Å²) in [6, 6.07) is 17.4. The maximum Gasteiger partial charge on any atom is 0.228 e. The van der Waals surface area contributed by atoms with E-state index < -0.39 is 0 Å². The third-order valence-corrected chi connectivity index (χ3v) is 5.51. The highest BCUT2D eigenvalue weighted by molar-refractivity contribution is 5.92. The number of benzene rings is 2. The van der Waals surface area contributed by atoms with Gasteiger partial charge in [0, 0.05) is 5.39 Å². The van der Waals surface area contributed by atoms with Crippen molar-refractivity contribution in [3.05, 3.63) is 71.4 Å². The molecule has 1 N–H and O–H groups in total. The molecule has 1 amide bonds. The highest BCUT2D eigenvalue weighted by Gasteiger charge is 2.18. The van der Waals surface area contributed by atoms with Gasteiger partial charge in [0.25, 0.3) is 0 Å². The van der Waals surface area contributed by atoms with E-state index in [1.807, 2.05) is 55.5 Å². The number of amides is 1. The Morgan fingerprint density at radius 2 is 2.00 bits per heavy atom. The number of nitriles is 1. The first-order chi connectivity index (χ1) is 16.5. The second kappa shape index (κ2) is 10.0. The molecule has 0 saturated heterocycles. The molecule has 0 bridgehead atoms. The number of anilines is 1. The van der Waals surface area contributed by atoms with Crippen LogP contribution < -0.4 is 14.8 Å². The van der Waals surface area contributed by atoms with E-state index in [-0.39, 0.29) is 30.3 Å². The summed E-state index contributed by atoms with van der Waals surface area (Å²) in [4.78, 5) is 17.3. The highest BCUT2D eigenvalue weighted by atomic mass is 16.5. The van der Waals surface area contributed by atoms with Crippen LogP contribution in [0.25, 0.3) is 16.7 Å². The number of hydrogen-bond acceptors (Lipinski definition) is 6. The monoisotopic (exact) mass is 455 g/mol. The fraction of sp³-hybridized carbons (Fsp3) is 0.231. The number of nitrogens with one attached hydrogen (secondary N) is 1. The van der Waals surface area contributed by atoms with Crippen LogP contribution in [0.3, 0.4) is 0 Å². The van der Waals surface area contributed by atoms with Gasteiger partial charge in [-0.3, -0.25) is 4.79 Å². The summed E-state index contributed by atoms with van der Waals surface area (Å²) >= 11 is 0. The zero-order valence-corrected chi connectivity index (χ0v) is 19.3. The largest absolute Gasteiger partial charge is 0.494 e. The number of aryl methyl sites for hydroxylation is 2.